The monoisotopic (exact) mass is 338 g/mol. The van der Waals surface area contributed by atoms with Crippen molar-refractivity contribution < 1.29 is 9.53 Å². The van der Waals surface area contributed by atoms with Crippen LogP contribution in [0.15, 0.2) is 36.6 Å². The second-order valence-electron chi connectivity index (χ2n) is 6.13. The number of ether oxygens (including phenoxy) is 1. The minimum atomic E-state index is 0.0723. The second kappa shape index (κ2) is 13.1. The maximum Gasteiger partial charge on any atom is 0.137 e. The lowest BCUT2D eigenvalue weighted by molar-refractivity contribution is -0.121. The molecule has 0 bridgehead atoms. The molecule has 1 rings (SSSR count). The molecule has 2 heteroatoms. The van der Waals surface area contributed by atoms with E-state index in [1.165, 1.54) is 0 Å². The fourth-order valence-electron chi connectivity index (χ4n) is 2.73. The molecular weight excluding hydrogens is 308 g/mol. The van der Waals surface area contributed by atoms with Gasteiger partial charge in [-0.2, -0.15) is 0 Å². The molecule has 0 radical (unpaired) electrons. The Morgan fingerprint density at radius 2 is 2.04 bits per heavy atom. The molecule has 1 saturated carbocycles. The van der Waals surface area contributed by atoms with Crippen LogP contribution in [0.4, 0.5) is 0 Å². The van der Waals surface area contributed by atoms with E-state index in [9.17, 15) is 4.79 Å². The standard InChI is InChI=1S/C23H30O2/c1-4-6-8-9-11-16-22-21(17-18-23(22)24)15-12-13-19-25-20(3)14-10-7-5-2/h5,7,10,14,21-22H,3-4,6,11,13,16-19H2,1-2H3/b7-5-,14-10-/t21?,22-/m1/s1. The molecule has 25 heavy (non-hydrogen) atoms. The first-order chi connectivity index (χ1) is 12.2. The second-order valence-corrected chi connectivity index (χ2v) is 6.13. The van der Waals surface area contributed by atoms with Crippen LogP contribution in [0, 0.1) is 35.5 Å². The van der Waals surface area contributed by atoms with Gasteiger partial charge in [0.1, 0.15) is 11.5 Å². The average Bonchev–Trinajstić information content (AvgIpc) is 2.95. The SMILES string of the molecule is C=C(/C=C\C=C/C)OCCC#CC1CCC(=O)[C@@H]1CCC#CCCC. The molecule has 0 aliphatic heterocycles. The molecule has 2 atom stereocenters. The summed E-state index contributed by atoms with van der Waals surface area (Å²) < 4.78 is 5.50. The van der Waals surface area contributed by atoms with Crippen LogP contribution in [-0.4, -0.2) is 12.4 Å². The maximum atomic E-state index is 12.0. The van der Waals surface area contributed by atoms with Crippen LogP contribution in [0.3, 0.4) is 0 Å². The van der Waals surface area contributed by atoms with E-state index in [0.29, 0.717) is 31.0 Å². The Morgan fingerprint density at radius 3 is 2.80 bits per heavy atom. The summed E-state index contributed by atoms with van der Waals surface area (Å²) in [6.07, 6.45) is 13.5. The molecule has 0 saturated heterocycles. The Bertz CT molecular complexity index is 601. The highest BCUT2D eigenvalue weighted by Gasteiger charge is 2.32. The van der Waals surface area contributed by atoms with Crippen molar-refractivity contribution in [3.8, 4) is 23.7 Å². The molecule has 0 aromatic carbocycles. The van der Waals surface area contributed by atoms with Crippen molar-refractivity contribution in [3.05, 3.63) is 36.6 Å². The summed E-state index contributed by atoms with van der Waals surface area (Å²) in [5.74, 6) is 14.0. The van der Waals surface area contributed by atoms with Crippen LogP contribution in [0.25, 0.3) is 0 Å². The molecule has 0 spiro atoms. The Hall–Kier alpha value is -2.19. The number of carbonyl (C=O) groups is 1. The van der Waals surface area contributed by atoms with Gasteiger partial charge in [-0.15, -0.1) is 11.8 Å². The minimum absolute atomic E-state index is 0.0723. The fraction of sp³-hybridized carbons (Fsp3) is 0.522. The number of unbranched alkanes of at least 4 members (excludes halogenated alkanes) is 1. The third-order valence-electron chi connectivity index (χ3n) is 4.07. The molecule has 0 aromatic heterocycles. The average molecular weight is 338 g/mol. The zero-order valence-corrected chi connectivity index (χ0v) is 15.6. The summed E-state index contributed by atoms with van der Waals surface area (Å²) in [6, 6.07) is 0. The molecule has 0 amide bonds. The van der Waals surface area contributed by atoms with Gasteiger partial charge in [0.05, 0.1) is 6.61 Å². The summed E-state index contributed by atoms with van der Waals surface area (Å²) in [5, 5.41) is 0. The molecule has 0 heterocycles. The van der Waals surface area contributed by atoms with E-state index in [1.54, 1.807) is 0 Å². The Morgan fingerprint density at radius 1 is 1.24 bits per heavy atom. The topological polar surface area (TPSA) is 26.3 Å². The van der Waals surface area contributed by atoms with Gasteiger partial charge in [-0.1, -0.05) is 43.6 Å². The molecular formula is C23H30O2. The molecule has 1 fully saturated rings. The summed E-state index contributed by atoms with van der Waals surface area (Å²) in [7, 11) is 0. The molecule has 0 aromatic rings. The van der Waals surface area contributed by atoms with E-state index in [4.69, 9.17) is 4.74 Å². The zero-order valence-electron chi connectivity index (χ0n) is 15.6. The van der Waals surface area contributed by atoms with Gasteiger partial charge in [0, 0.05) is 37.5 Å². The van der Waals surface area contributed by atoms with Crippen LogP contribution < -0.4 is 0 Å². The summed E-state index contributed by atoms with van der Waals surface area (Å²) in [6.45, 7) is 8.44. The number of hydrogen-bond acceptors (Lipinski definition) is 2. The summed E-state index contributed by atoms with van der Waals surface area (Å²) in [4.78, 5) is 12.0. The van der Waals surface area contributed by atoms with Crippen LogP contribution in [0.2, 0.25) is 0 Å². The fourth-order valence-corrected chi connectivity index (χ4v) is 2.73. The van der Waals surface area contributed by atoms with E-state index in [-0.39, 0.29) is 11.8 Å². The molecule has 1 aliphatic rings. The third-order valence-corrected chi connectivity index (χ3v) is 4.07. The van der Waals surface area contributed by atoms with Crippen molar-refractivity contribution in [1.29, 1.82) is 0 Å². The van der Waals surface area contributed by atoms with Gasteiger partial charge in [-0.25, -0.2) is 0 Å². The van der Waals surface area contributed by atoms with Crippen molar-refractivity contribution in [2.45, 2.75) is 58.8 Å². The Kier molecular flexibility index (Phi) is 11.0. The molecule has 2 nitrogen and oxygen atoms in total. The van der Waals surface area contributed by atoms with Crippen molar-refractivity contribution in [2.75, 3.05) is 6.61 Å². The van der Waals surface area contributed by atoms with Gasteiger partial charge < -0.3 is 4.74 Å². The van der Waals surface area contributed by atoms with Gasteiger partial charge in [-0.05, 0) is 32.3 Å². The number of rotatable bonds is 8. The van der Waals surface area contributed by atoms with Gasteiger partial charge in [-0.3, -0.25) is 4.79 Å². The molecule has 134 valence electrons. The van der Waals surface area contributed by atoms with Gasteiger partial charge in [0.15, 0.2) is 0 Å². The Balaban J connectivity index is 2.35. The lowest BCUT2D eigenvalue weighted by Crippen LogP contribution is -2.13. The van der Waals surface area contributed by atoms with Crippen LogP contribution in [-0.2, 0) is 9.53 Å². The number of ketones is 1. The zero-order chi connectivity index (χ0) is 18.3. The van der Waals surface area contributed by atoms with Crippen molar-refractivity contribution >= 4 is 5.78 Å². The first kappa shape index (κ1) is 20.9. The van der Waals surface area contributed by atoms with Crippen molar-refractivity contribution in [3.63, 3.8) is 0 Å². The molecule has 1 aliphatic carbocycles. The number of hydrogen-bond donors (Lipinski definition) is 0. The van der Waals surface area contributed by atoms with Crippen molar-refractivity contribution in [1.82, 2.24) is 0 Å². The highest BCUT2D eigenvalue weighted by molar-refractivity contribution is 5.84. The number of allylic oxidation sites excluding steroid dienone is 4. The van der Waals surface area contributed by atoms with Crippen LogP contribution in [0.5, 0.6) is 0 Å². The molecule has 1 unspecified atom stereocenters. The first-order valence-electron chi connectivity index (χ1n) is 9.27. The smallest absolute Gasteiger partial charge is 0.137 e. The lowest BCUT2D eigenvalue weighted by Gasteiger charge is -2.11. The van der Waals surface area contributed by atoms with E-state index in [2.05, 4.69) is 37.2 Å². The van der Waals surface area contributed by atoms with Crippen molar-refractivity contribution in [2.24, 2.45) is 11.8 Å². The Labute approximate surface area is 153 Å². The van der Waals surface area contributed by atoms with E-state index in [0.717, 1.165) is 32.1 Å². The summed E-state index contributed by atoms with van der Waals surface area (Å²) in [5.41, 5.74) is 0. The highest BCUT2D eigenvalue weighted by Crippen LogP contribution is 2.31. The predicted molar refractivity (Wildman–Crippen MR) is 105 cm³/mol. The highest BCUT2D eigenvalue weighted by atomic mass is 16.5. The van der Waals surface area contributed by atoms with E-state index >= 15 is 0 Å². The minimum Gasteiger partial charge on any atom is -0.493 e. The first-order valence-corrected chi connectivity index (χ1v) is 9.27. The lowest BCUT2D eigenvalue weighted by atomic mass is 9.91. The van der Waals surface area contributed by atoms with Crippen LogP contribution >= 0.6 is 0 Å². The number of carbonyl (C=O) groups excluding carboxylic acids is 1. The molecule has 0 N–H and O–H groups in total. The predicted octanol–water partition coefficient (Wildman–Crippen LogP) is 5.22. The van der Waals surface area contributed by atoms with Gasteiger partial charge in [0.25, 0.3) is 0 Å². The maximum absolute atomic E-state index is 12.0. The normalized spacial score (nSPS) is 19.5. The largest absolute Gasteiger partial charge is 0.493 e. The number of Topliss-reactive ketones (excluding diaryl/α,β-unsaturated/α-hetero) is 1. The van der Waals surface area contributed by atoms with Crippen LogP contribution in [0.1, 0.15) is 58.8 Å². The van der Waals surface area contributed by atoms with Gasteiger partial charge >= 0.3 is 0 Å². The summed E-state index contributed by atoms with van der Waals surface area (Å²) >= 11 is 0. The van der Waals surface area contributed by atoms with E-state index in [1.807, 2.05) is 31.2 Å². The van der Waals surface area contributed by atoms with E-state index < -0.39 is 0 Å². The third kappa shape index (κ3) is 9.02. The quantitative estimate of drug-likeness (QED) is 0.262. The van der Waals surface area contributed by atoms with Gasteiger partial charge in [0.2, 0.25) is 0 Å².